The van der Waals surface area contributed by atoms with Gasteiger partial charge in [0.25, 0.3) is 5.91 Å². The number of sulfonamides is 1. The van der Waals surface area contributed by atoms with E-state index in [0.29, 0.717) is 0 Å². The summed E-state index contributed by atoms with van der Waals surface area (Å²) in [7, 11) is -3.87. The molecular weight excluding hydrogens is 316 g/mol. The first-order valence-corrected chi connectivity index (χ1v) is 8.77. The number of amides is 1. The molecule has 0 aromatic heterocycles. The monoisotopic (exact) mass is 336 g/mol. The molecule has 0 aliphatic heterocycles. The number of benzene rings is 2. The smallest absolute Gasteiger partial charge is 0.261 e. The Labute approximate surface area is 135 Å². The molecule has 1 unspecified atom stereocenters. The Kier molecular flexibility index (Phi) is 5.35. The summed E-state index contributed by atoms with van der Waals surface area (Å²) in [6.45, 7) is 3.73. The number of carbonyl (C=O) groups is 1. The summed E-state index contributed by atoms with van der Waals surface area (Å²) in [4.78, 5) is 11.8. The highest BCUT2D eigenvalue weighted by Crippen LogP contribution is 2.19. The molecule has 6 nitrogen and oxygen atoms in total. The Bertz CT molecular complexity index is 803. The molecule has 0 spiro atoms. The number of nitrogens with one attached hydrogen (secondary N) is 2. The fourth-order valence-corrected chi connectivity index (χ4v) is 3.59. The molecule has 2 rings (SSSR count). The molecule has 3 N–H and O–H groups in total. The van der Waals surface area contributed by atoms with E-state index in [1.165, 1.54) is 11.5 Å². The van der Waals surface area contributed by atoms with E-state index in [2.05, 4.69) is 4.72 Å². The van der Waals surface area contributed by atoms with Crippen LogP contribution in [0.4, 0.5) is 0 Å². The Morgan fingerprint density at radius 2 is 1.78 bits per heavy atom. The quantitative estimate of drug-likeness (QED) is 0.556. The van der Waals surface area contributed by atoms with Crippen LogP contribution in [0.2, 0.25) is 0 Å². The van der Waals surface area contributed by atoms with Crippen LogP contribution in [0.5, 0.6) is 0 Å². The molecule has 2 aromatic rings. The third-order valence-electron chi connectivity index (χ3n) is 3.46. The zero-order valence-corrected chi connectivity index (χ0v) is 13.8. The third-order valence-corrected chi connectivity index (χ3v) is 4.93. The van der Waals surface area contributed by atoms with Crippen molar-refractivity contribution >= 4 is 26.7 Å². The number of hydroxylamine groups is 1. The highest BCUT2D eigenvalue weighted by atomic mass is 32.2. The van der Waals surface area contributed by atoms with Gasteiger partial charge in [0.15, 0.2) is 0 Å². The number of hydrogen-bond donors (Lipinski definition) is 3. The molecular formula is C16H20N2O4S. The van der Waals surface area contributed by atoms with Crippen molar-refractivity contribution in [2.45, 2.75) is 31.2 Å². The minimum Gasteiger partial charge on any atom is -0.289 e. The number of hydrogen-bond acceptors (Lipinski definition) is 4. The van der Waals surface area contributed by atoms with Crippen LogP contribution in [0.3, 0.4) is 0 Å². The van der Waals surface area contributed by atoms with Crippen LogP contribution in [0.25, 0.3) is 10.8 Å². The Morgan fingerprint density at radius 1 is 1.13 bits per heavy atom. The molecule has 0 saturated carbocycles. The Morgan fingerprint density at radius 3 is 2.39 bits per heavy atom. The fraction of sp³-hybridized carbons (Fsp3) is 0.312. The molecule has 23 heavy (non-hydrogen) atoms. The summed E-state index contributed by atoms with van der Waals surface area (Å²) in [6.07, 6.45) is 0.277. The summed E-state index contributed by atoms with van der Waals surface area (Å²) >= 11 is 0. The molecule has 1 amide bonds. The molecule has 0 bridgehead atoms. The molecule has 0 aliphatic carbocycles. The maximum Gasteiger partial charge on any atom is 0.261 e. The zero-order chi connectivity index (χ0) is 17.0. The summed E-state index contributed by atoms with van der Waals surface area (Å²) in [5.74, 6) is -0.695. The van der Waals surface area contributed by atoms with E-state index in [4.69, 9.17) is 5.21 Å². The van der Waals surface area contributed by atoms with Gasteiger partial charge in [-0.15, -0.1) is 0 Å². The summed E-state index contributed by atoms with van der Waals surface area (Å²) in [5, 5.41) is 10.5. The van der Waals surface area contributed by atoms with Crippen molar-refractivity contribution in [3.05, 3.63) is 42.5 Å². The van der Waals surface area contributed by atoms with E-state index < -0.39 is 22.0 Å². The molecule has 0 radical (unpaired) electrons. The molecule has 0 aliphatic rings. The average Bonchev–Trinajstić information content (AvgIpc) is 2.52. The van der Waals surface area contributed by atoms with Crippen molar-refractivity contribution in [2.24, 2.45) is 5.92 Å². The van der Waals surface area contributed by atoms with Crippen LogP contribution in [-0.4, -0.2) is 25.6 Å². The second-order valence-electron chi connectivity index (χ2n) is 5.79. The second-order valence-corrected chi connectivity index (χ2v) is 7.50. The van der Waals surface area contributed by atoms with Gasteiger partial charge in [0.2, 0.25) is 10.0 Å². The van der Waals surface area contributed by atoms with Crippen LogP contribution >= 0.6 is 0 Å². The summed E-state index contributed by atoms with van der Waals surface area (Å²) in [5.41, 5.74) is 1.51. The zero-order valence-electron chi connectivity index (χ0n) is 13.0. The van der Waals surface area contributed by atoms with Crippen molar-refractivity contribution in [1.82, 2.24) is 10.2 Å². The molecule has 0 saturated heterocycles. The first kappa shape index (κ1) is 17.4. The SMILES string of the molecule is CC(C)CC(NS(=O)(=O)c1ccc2ccccc2c1)C(=O)NO. The standard InChI is InChI=1S/C16H20N2O4S/c1-11(2)9-15(16(19)17-20)18-23(21,22)14-8-7-12-5-3-4-6-13(12)10-14/h3-8,10-11,15,18,20H,9H2,1-2H3,(H,17,19). The van der Waals surface area contributed by atoms with E-state index in [1.807, 2.05) is 38.1 Å². The van der Waals surface area contributed by atoms with Crippen LogP contribution in [-0.2, 0) is 14.8 Å². The van der Waals surface area contributed by atoms with E-state index in [0.717, 1.165) is 10.8 Å². The van der Waals surface area contributed by atoms with Gasteiger partial charge in [-0.25, -0.2) is 13.9 Å². The first-order valence-electron chi connectivity index (χ1n) is 7.28. The first-order chi connectivity index (χ1) is 10.8. The lowest BCUT2D eigenvalue weighted by Crippen LogP contribution is -2.46. The minimum absolute atomic E-state index is 0.0793. The van der Waals surface area contributed by atoms with Crippen LogP contribution in [0, 0.1) is 5.92 Å². The predicted octanol–water partition coefficient (Wildman–Crippen LogP) is 2.04. The lowest BCUT2D eigenvalue weighted by Gasteiger charge is -2.18. The van der Waals surface area contributed by atoms with Crippen LogP contribution in [0.15, 0.2) is 47.4 Å². The van der Waals surface area contributed by atoms with Gasteiger partial charge in [0.05, 0.1) is 4.90 Å². The summed E-state index contributed by atoms with van der Waals surface area (Å²) in [6, 6.07) is 11.1. The molecule has 124 valence electrons. The van der Waals surface area contributed by atoms with Gasteiger partial charge in [-0.1, -0.05) is 44.2 Å². The van der Waals surface area contributed by atoms with Gasteiger partial charge in [-0.3, -0.25) is 10.0 Å². The largest absolute Gasteiger partial charge is 0.289 e. The van der Waals surface area contributed by atoms with Gasteiger partial charge in [-0.05, 0) is 35.2 Å². The van der Waals surface area contributed by atoms with Gasteiger partial charge in [0.1, 0.15) is 6.04 Å². The van der Waals surface area contributed by atoms with Gasteiger partial charge in [-0.2, -0.15) is 4.72 Å². The Balaban J connectivity index is 2.32. The van der Waals surface area contributed by atoms with E-state index in [1.54, 1.807) is 12.1 Å². The van der Waals surface area contributed by atoms with Gasteiger partial charge >= 0.3 is 0 Å². The van der Waals surface area contributed by atoms with Gasteiger partial charge in [0, 0.05) is 0 Å². The normalized spacial score (nSPS) is 13.2. The lowest BCUT2D eigenvalue weighted by molar-refractivity contribution is -0.131. The number of carbonyl (C=O) groups excluding carboxylic acids is 1. The maximum atomic E-state index is 12.5. The number of fused-ring (bicyclic) bond motifs is 1. The third kappa shape index (κ3) is 4.28. The average molecular weight is 336 g/mol. The van der Waals surface area contributed by atoms with E-state index >= 15 is 0 Å². The van der Waals surface area contributed by atoms with Crippen LogP contribution in [0.1, 0.15) is 20.3 Å². The molecule has 0 fully saturated rings. The van der Waals surface area contributed by atoms with Crippen molar-refractivity contribution in [2.75, 3.05) is 0 Å². The fourth-order valence-electron chi connectivity index (χ4n) is 2.35. The van der Waals surface area contributed by atoms with Crippen molar-refractivity contribution in [1.29, 1.82) is 0 Å². The molecule has 1 atom stereocenters. The van der Waals surface area contributed by atoms with Crippen LogP contribution < -0.4 is 10.2 Å². The molecule has 7 heteroatoms. The van der Waals surface area contributed by atoms with Crippen molar-refractivity contribution < 1.29 is 18.4 Å². The van der Waals surface area contributed by atoms with E-state index in [9.17, 15) is 13.2 Å². The highest BCUT2D eigenvalue weighted by Gasteiger charge is 2.26. The lowest BCUT2D eigenvalue weighted by atomic mass is 10.0. The van der Waals surface area contributed by atoms with Gasteiger partial charge < -0.3 is 0 Å². The molecule has 2 aromatic carbocycles. The topological polar surface area (TPSA) is 95.5 Å². The summed E-state index contributed by atoms with van der Waals surface area (Å²) < 4.78 is 27.4. The predicted molar refractivity (Wildman–Crippen MR) is 87.4 cm³/mol. The minimum atomic E-state index is -3.87. The van der Waals surface area contributed by atoms with Crippen molar-refractivity contribution in [3.63, 3.8) is 0 Å². The number of rotatable bonds is 6. The second kappa shape index (κ2) is 7.08. The molecule has 0 heterocycles. The maximum absolute atomic E-state index is 12.5. The highest BCUT2D eigenvalue weighted by molar-refractivity contribution is 7.89. The van der Waals surface area contributed by atoms with Crippen molar-refractivity contribution in [3.8, 4) is 0 Å². The Hall–Kier alpha value is -1.96. The van der Waals surface area contributed by atoms with E-state index in [-0.39, 0.29) is 17.2 Å².